The van der Waals surface area contributed by atoms with Crippen LogP contribution in [-0.2, 0) is 21.4 Å². The van der Waals surface area contributed by atoms with Crippen molar-refractivity contribution in [1.82, 2.24) is 14.1 Å². The average Bonchev–Trinajstić information content (AvgIpc) is 2.85. The molecule has 0 spiro atoms. The van der Waals surface area contributed by atoms with Gasteiger partial charge >= 0.3 is 0 Å². The van der Waals surface area contributed by atoms with Crippen LogP contribution < -0.4 is 9.47 Å². The first-order valence-electron chi connectivity index (χ1n) is 10.7. The zero-order valence-corrected chi connectivity index (χ0v) is 20.1. The van der Waals surface area contributed by atoms with Crippen molar-refractivity contribution in [3.05, 3.63) is 53.8 Å². The van der Waals surface area contributed by atoms with E-state index < -0.39 is 10.0 Å². The predicted octanol–water partition coefficient (Wildman–Crippen LogP) is 1.81. The Kier molecular flexibility index (Phi) is 8.50. The molecule has 8 nitrogen and oxygen atoms in total. The van der Waals surface area contributed by atoms with Gasteiger partial charge in [0.15, 0.2) is 0 Å². The Balaban J connectivity index is 1.63. The van der Waals surface area contributed by atoms with Crippen LogP contribution in [-0.4, -0.2) is 81.9 Å². The Labute approximate surface area is 199 Å². The van der Waals surface area contributed by atoms with Crippen LogP contribution in [0.2, 0.25) is 0 Å². The maximum absolute atomic E-state index is 13.2. The summed E-state index contributed by atoms with van der Waals surface area (Å²) in [6, 6.07) is 10.6. The van der Waals surface area contributed by atoms with Crippen LogP contribution in [0.4, 0.5) is 4.39 Å². The van der Waals surface area contributed by atoms with Gasteiger partial charge in [-0.3, -0.25) is 9.69 Å². The van der Waals surface area contributed by atoms with Crippen LogP contribution in [0, 0.1) is 18.2 Å². The zero-order valence-electron chi connectivity index (χ0n) is 19.2. The minimum absolute atomic E-state index is 0.0219. The molecule has 2 aromatic rings. The molecule has 0 aromatic heterocycles. The largest absolute Gasteiger partial charge is 0.497 e. The molecule has 1 saturated heterocycles. The molecule has 0 N–H and O–H groups in total. The standard InChI is InChI=1S/C24H28FN3O5S/c1-4-11-26(17-19-5-7-20(25)8-6-19)18-24(29)27-12-14-28(15-13-27)34(30,31)23-16-21(32-2)9-10-22(23)33-3/h1,5-10,16H,11-15,17-18H2,2-3H3. The molecule has 0 saturated carbocycles. The van der Waals surface area contributed by atoms with Crippen molar-refractivity contribution in [2.45, 2.75) is 11.4 Å². The number of hydrogen-bond acceptors (Lipinski definition) is 6. The molecule has 1 fully saturated rings. The van der Waals surface area contributed by atoms with Gasteiger partial charge in [0.05, 0.1) is 27.3 Å². The molecule has 1 aliphatic rings. The van der Waals surface area contributed by atoms with Gasteiger partial charge in [-0.15, -0.1) is 6.42 Å². The fourth-order valence-corrected chi connectivity index (χ4v) is 5.33. The summed E-state index contributed by atoms with van der Waals surface area (Å²) in [5.74, 6) is 2.70. The number of amides is 1. The van der Waals surface area contributed by atoms with E-state index in [4.69, 9.17) is 15.9 Å². The van der Waals surface area contributed by atoms with Crippen molar-refractivity contribution in [1.29, 1.82) is 0 Å². The number of sulfonamides is 1. The first-order chi connectivity index (χ1) is 16.3. The number of terminal acetylenes is 1. The number of hydrogen-bond donors (Lipinski definition) is 0. The minimum Gasteiger partial charge on any atom is -0.497 e. The van der Waals surface area contributed by atoms with E-state index in [1.54, 1.807) is 34.1 Å². The van der Waals surface area contributed by atoms with Crippen LogP contribution in [0.5, 0.6) is 11.5 Å². The number of rotatable bonds is 9. The molecule has 1 amide bonds. The summed E-state index contributed by atoms with van der Waals surface area (Å²) in [4.78, 5) is 16.3. The van der Waals surface area contributed by atoms with E-state index in [2.05, 4.69) is 5.92 Å². The third-order valence-corrected chi connectivity index (χ3v) is 7.49. The second kappa shape index (κ2) is 11.3. The summed E-state index contributed by atoms with van der Waals surface area (Å²) in [7, 11) is -0.971. The lowest BCUT2D eigenvalue weighted by atomic mass is 10.2. The molecule has 10 heteroatoms. The predicted molar refractivity (Wildman–Crippen MR) is 125 cm³/mol. The molecule has 3 rings (SSSR count). The van der Waals surface area contributed by atoms with Gasteiger partial charge < -0.3 is 14.4 Å². The molecule has 0 aliphatic carbocycles. The van der Waals surface area contributed by atoms with Crippen molar-refractivity contribution in [3.63, 3.8) is 0 Å². The molecule has 0 radical (unpaired) electrons. The SMILES string of the molecule is C#CCN(CC(=O)N1CCN(S(=O)(=O)c2cc(OC)ccc2OC)CC1)Cc1ccc(F)cc1. The summed E-state index contributed by atoms with van der Waals surface area (Å²) in [6.07, 6.45) is 5.46. The van der Waals surface area contributed by atoms with E-state index in [-0.39, 0.29) is 61.6 Å². The molecule has 182 valence electrons. The first-order valence-corrected chi connectivity index (χ1v) is 12.1. The van der Waals surface area contributed by atoms with E-state index in [0.717, 1.165) is 5.56 Å². The Morgan fingerprint density at radius 2 is 1.76 bits per heavy atom. The van der Waals surface area contributed by atoms with Gasteiger partial charge in [-0.2, -0.15) is 4.31 Å². The van der Waals surface area contributed by atoms with E-state index in [1.165, 1.54) is 36.7 Å². The van der Waals surface area contributed by atoms with Crippen LogP contribution >= 0.6 is 0 Å². The van der Waals surface area contributed by atoms with Crippen molar-refractivity contribution in [2.75, 3.05) is 53.5 Å². The van der Waals surface area contributed by atoms with E-state index in [9.17, 15) is 17.6 Å². The Bertz CT molecular complexity index is 1140. The van der Waals surface area contributed by atoms with E-state index in [1.807, 2.05) is 0 Å². The van der Waals surface area contributed by atoms with Gasteiger partial charge in [-0.1, -0.05) is 18.1 Å². The summed E-state index contributed by atoms with van der Waals surface area (Å²) in [5, 5.41) is 0. The van der Waals surface area contributed by atoms with Crippen molar-refractivity contribution in [3.8, 4) is 23.8 Å². The molecule has 0 unspecified atom stereocenters. The number of piperazine rings is 1. The summed E-state index contributed by atoms with van der Waals surface area (Å²) in [6.45, 7) is 1.56. The molecule has 1 aliphatic heterocycles. The highest BCUT2D eigenvalue weighted by Gasteiger charge is 2.32. The van der Waals surface area contributed by atoms with Gasteiger partial charge in [0.2, 0.25) is 15.9 Å². The number of methoxy groups -OCH3 is 2. The number of ether oxygens (including phenoxy) is 2. The molecular weight excluding hydrogens is 461 g/mol. The molecule has 2 aromatic carbocycles. The summed E-state index contributed by atoms with van der Waals surface area (Å²) >= 11 is 0. The topological polar surface area (TPSA) is 79.4 Å². The normalized spacial score (nSPS) is 14.6. The molecule has 1 heterocycles. The van der Waals surface area contributed by atoms with E-state index in [0.29, 0.717) is 12.3 Å². The quantitative estimate of drug-likeness (QED) is 0.500. The Morgan fingerprint density at radius 1 is 1.09 bits per heavy atom. The third kappa shape index (κ3) is 6.05. The second-order valence-corrected chi connectivity index (χ2v) is 9.68. The van der Waals surface area contributed by atoms with Gasteiger partial charge in [0.25, 0.3) is 0 Å². The van der Waals surface area contributed by atoms with E-state index >= 15 is 0 Å². The summed E-state index contributed by atoms with van der Waals surface area (Å²) < 4.78 is 51.4. The van der Waals surface area contributed by atoms with Crippen LogP contribution in [0.25, 0.3) is 0 Å². The number of carbonyl (C=O) groups excluding carboxylic acids is 1. The molecule has 0 bridgehead atoms. The fourth-order valence-electron chi connectivity index (χ4n) is 3.74. The van der Waals surface area contributed by atoms with Crippen LogP contribution in [0.3, 0.4) is 0 Å². The van der Waals surface area contributed by atoms with Gasteiger partial charge in [-0.05, 0) is 29.8 Å². The molecular formula is C24H28FN3O5S. The summed E-state index contributed by atoms with van der Waals surface area (Å²) in [5.41, 5.74) is 0.840. The number of nitrogens with zero attached hydrogens (tertiary/aromatic N) is 3. The monoisotopic (exact) mass is 489 g/mol. The van der Waals surface area contributed by atoms with Gasteiger partial charge in [-0.25, -0.2) is 12.8 Å². The number of benzene rings is 2. The first kappa shape index (κ1) is 25.5. The Hall–Kier alpha value is -3.13. The highest BCUT2D eigenvalue weighted by atomic mass is 32.2. The lowest BCUT2D eigenvalue weighted by Gasteiger charge is -2.35. The fraction of sp³-hybridized carbons (Fsp3) is 0.375. The third-order valence-electron chi connectivity index (χ3n) is 5.57. The lowest BCUT2D eigenvalue weighted by Crippen LogP contribution is -2.52. The molecule has 0 atom stereocenters. The highest BCUT2D eigenvalue weighted by Crippen LogP contribution is 2.31. The zero-order chi connectivity index (χ0) is 24.7. The maximum Gasteiger partial charge on any atom is 0.247 e. The van der Waals surface area contributed by atoms with Crippen molar-refractivity contribution >= 4 is 15.9 Å². The van der Waals surface area contributed by atoms with Crippen molar-refractivity contribution in [2.24, 2.45) is 0 Å². The van der Waals surface area contributed by atoms with Gasteiger partial charge in [0.1, 0.15) is 22.2 Å². The smallest absolute Gasteiger partial charge is 0.247 e. The number of carbonyl (C=O) groups is 1. The Morgan fingerprint density at radius 3 is 2.35 bits per heavy atom. The number of halogens is 1. The van der Waals surface area contributed by atoms with Crippen molar-refractivity contribution < 1.29 is 27.1 Å². The average molecular weight is 490 g/mol. The second-order valence-electron chi connectivity index (χ2n) is 7.78. The van der Waals surface area contributed by atoms with Crippen LogP contribution in [0.1, 0.15) is 5.56 Å². The highest BCUT2D eigenvalue weighted by molar-refractivity contribution is 7.89. The molecule has 34 heavy (non-hydrogen) atoms. The van der Waals surface area contributed by atoms with Gasteiger partial charge in [0, 0.05) is 38.8 Å². The van der Waals surface area contributed by atoms with Crippen LogP contribution in [0.15, 0.2) is 47.4 Å². The maximum atomic E-state index is 13.2. The minimum atomic E-state index is -3.84. The lowest BCUT2D eigenvalue weighted by molar-refractivity contribution is -0.133.